The Morgan fingerprint density at radius 3 is 2.28 bits per heavy atom. The molecule has 1 N–H and O–H groups in total. The maximum absolute atomic E-state index is 13.4. The summed E-state index contributed by atoms with van der Waals surface area (Å²) in [6.45, 7) is 16.1. The maximum Gasteiger partial charge on any atom is 0.337 e. The molecular weight excluding hydrogens is 629 g/mol. The number of piperidine rings is 1. The van der Waals surface area contributed by atoms with Gasteiger partial charge in [0, 0.05) is 49.4 Å². The van der Waals surface area contributed by atoms with Gasteiger partial charge in [0.15, 0.2) is 6.10 Å². The first kappa shape index (κ1) is 37.8. The lowest BCUT2D eigenvalue weighted by Crippen LogP contribution is -2.39. The molecule has 1 unspecified atom stereocenters. The number of benzene rings is 2. The molecule has 1 aliphatic carbocycles. The van der Waals surface area contributed by atoms with Crippen LogP contribution in [0.5, 0.6) is 5.75 Å². The average Bonchev–Trinajstić information content (AvgIpc) is 3.05. The lowest BCUT2D eigenvalue weighted by molar-refractivity contribution is -0.160. The van der Waals surface area contributed by atoms with Crippen molar-refractivity contribution in [2.45, 2.75) is 111 Å². The minimum absolute atomic E-state index is 0.211. The van der Waals surface area contributed by atoms with E-state index in [4.69, 9.17) is 14.5 Å². The normalized spacial score (nSPS) is 17.6. The third-order valence-electron chi connectivity index (χ3n) is 10.3. The van der Waals surface area contributed by atoms with Crippen molar-refractivity contribution in [1.29, 1.82) is 0 Å². The fourth-order valence-electron chi connectivity index (χ4n) is 7.53. The number of hydrogen-bond acceptors (Lipinski definition) is 6. The number of carbonyl (C=O) groups is 1. The molecule has 1 aromatic heterocycles. The number of aryl methyl sites for hydroxylation is 1. The molecule has 2 heterocycles. The highest BCUT2D eigenvalue weighted by molar-refractivity contribution is 5.88. The molecule has 0 bridgehead atoms. The lowest BCUT2D eigenvalue weighted by atomic mass is 9.81. The smallest absolute Gasteiger partial charge is 0.337 e. The molecule has 3 aromatic rings. The molecule has 0 amide bonds. The Balaban J connectivity index is 1.57. The second-order valence-electron chi connectivity index (χ2n) is 16.3. The zero-order chi connectivity index (χ0) is 36.1. The molecule has 0 spiro atoms. The van der Waals surface area contributed by atoms with Crippen molar-refractivity contribution in [2.75, 3.05) is 38.2 Å². The average molecular weight is 688 g/mol. The number of aromatic nitrogens is 1. The van der Waals surface area contributed by atoms with Crippen molar-refractivity contribution >= 4 is 11.7 Å². The monoisotopic (exact) mass is 687 g/mol. The zero-order valence-corrected chi connectivity index (χ0v) is 31.4. The van der Waals surface area contributed by atoms with Crippen LogP contribution >= 0.6 is 0 Å². The van der Waals surface area contributed by atoms with Gasteiger partial charge in [0.25, 0.3) is 0 Å². The van der Waals surface area contributed by atoms with Gasteiger partial charge < -0.3 is 24.4 Å². The summed E-state index contributed by atoms with van der Waals surface area (Å²) in [5.41, 5.74) is 5.72. The number of rotatable bonds is 13. The van der Waals surface area contributed by atoms with Crippen LogP contribution in [0.2, 0.25) is 0 Å². The van der Waals surface area contributed by atoms with E-state index in [9.17, 15) is 14.3 Å². The predicted octanol–water partition coefficient (Wildman–Crippen LogP) is 9.40. The Hall–Kier alpha value is -3.49. The summed E-state index contributed by atoms with van der Waals surface area (Å²) in [4.78, 5) is 23.1. The highest BCUT2D eigenvalue weighted by atomic mass is 19.1. The number of pyridine rings is 1. The molecular formula is C42H58FN3O4. The van der Waals surface area contributed by atoms with Crippen molar-refractivity contribution in [3.63, 3.8) is 0 Å². The van der Waals surface area contributed by atoms with Crippen LogP contribution in [0, 0.1) is 24.1 Å². The quantitative estimate of drug-likeness (QED) is 0.192. The van der Waals surface area contributed by atoms with Crippen LogP contribution in [0.25, 0.3) is 11.1 Å². The van der Waals surface area contributed by atoms with Crippen LogP contribution in [0.3, 0.4) is 0 Å². The van der Waals surface area contributed by atoms with E-state index >= 15 is 0 Å². The molecule has 1 saturated carbocycles. The molecule has 0 radical (unpaired) electrons. The molecule has 272 valence electrons. The number of carboxylic acid groups (broad SMARTS) is 1. The number of hydrogen-bond donors (Lipinski definition) is 1. The molecule has 1 saturated heterocycles. The molecule has 1 aliphatic heterocycles. The number of anilines is 1. The van der Waals surface area contributed by atoms with E-state index in [1.54, 1.807) is 12.1 Å². The Morgan fingerprint density at radius 2 is 1.68 bits per heavy atom. The van der Waals surface area contributed by atoms with Gasteiger partial charge in [0.05, 0.1) is 23.6 Å². The summed E-state index contributed by atoms with van der Waals surface area (Å²) in [6, 6.07) is 14.6. The van der Waals surface area contributed by atoms with E-state index in [2.05, 4.69) is 42.8 Å². The van der Waals surface area contributed by atoms with Crippen molar-refractivity contribution < 1.29 is 23.8 Å². The van der Waals surface area contributed by atoms with Gasteiger partial charge in [0.2, 0.25) is 0 Å². The topological polar surface area (TPSA) is 75.1 Å². The standard InChI is InChI=1S/C42H58FN3O4/c1-29-36(39(40(47)48)50-41(2,3)4)38(46-24-22-42(5,6)23-25-46)37(35(44-29)28-45(7)27-31-11-9-8-10-12-31)32-15-19-34(20-16-32)49-26-21-30-13-17-33(43)18-14-30/h13-20,31,39H,8-12,21-28H2,1-7H3,(H,47,48). The Bertz CT molecular complexity index is 1570. The van der Waals surface area contributed by atoms with Crippen LogP contribution in [-0.4, -0.2) is 59.8 Å². The SMILES string of the molecule is Cc1nc(CN(C)CC2CCCCC2)c(-c2ccc(OCCc3ccc(F)cc3)cc2)c(N2CCC(C)(C)CC2)c1C(OC(C)(C)C)C(=O)O. The molecule has 2 fully saturated rings. The van der Waals surface area contributed by atoms with Crippen molar-refractivity contribution in [1.82, 2.24) is 9.88 Å². The summed E-state index contributed by atoms with van der Waals surface area (Å²) in [5.74, 6) is 0.171. The van der Waals surface area contributed by atoms with Crippen molar-refractivity contribution in [3.05, 3.63) is 76.9 Å². The van der Waals surface area contributed by atoms with Gasteiger partial charge in [-0.3, -0.25) is 4.98 Å². The molecule has 5 rings (SSSR count). The number of ether oxygens (including phenoxy) is 2. The molecule has 1 atom stereocenters. The summed E-state index contributed by atoms with van der Waals surface area (Å²) in [5, 5.41) is 10.7. The van der Waals surface area contributed by atoms with Gasteiger partial charge in [-0.05, 0) is 107 Å². The number of halogens is 1. The Labute approximate surface area is 299 Å². The van der Waals surface area contributed by atoms with Crippen molar-refractivity contribution in [2.24, 2.45) is 11.3 Å². The summed E-state index contributed by atoms with van der Waals surface area (Å²) >= 11 is 0. The maximum atomic E-state index is 13.4. The van der Waals surface area contributed by atoms with E-state index in [0.29, 0.717) is 36.7 Å². The van der Waals surface area contributed by atoms with Crippen molar-refractivity contribution in [3.8, 4) is 16.9 Å². The fourth-order valence-corrected chi connectivity index (χ4v) is 7.53. The van der Waals surface area contributed by atoms with Gasteiger partial charge in [0.1, 0.15) is 11.6 Å². The number of aliphatic carboxylic acids is 1. The molecule has 7 nitrogen and oxygen atoms in total. The largest absolute Gasteiger partial charge is 0.493 e. The second-order valence-corrected chi connectivity index (χ2v) is 16.3. The van der Waals surface area contributed by atoms with Crippen LogP contribution in [-0.2, 0) is 22.5 Å². The van der Waals surface area contributed by atoms with Crippen LogP contribution < -0.4 is 9.64 Å². The second kappa shape index (κ2) is 16.2. The summed E-state index contributed by atoms with van der Waals surface area (Å²) < 4.78 is 25.8. The third kappa shape index (κ3) is 10.1. The first-order chi connectivity index (χ1) is 23.7. The van der Waals surface area contributed by atoms with Gasteiger partial charge >= 0.3 is 5.97 Å². The van der Waals surface area contributed by atoms with E-state index in [0.717, 1.165) is 66.3 Å². The van der Waals surface area contributed by atoms with Gasteiger partial charge in [-0.2, -0.15) is 0 Å². The molecule has 50 heavy (non-hydrogen) atoms. The van der Waals surface area contributed by atoms with Gasteiger partial charge in [-0.25, -0.2) is 9.18 Å². The minimum Gasteiger partial charge on any atom is -0.493 e. The first-order valence-electron chi connectivity index (χ1n) is 18.5. The number of nitrogens with zero attached hydrogens (tertiary/aromatic N) is 3. The minimum atomic E-state index is -1.17. The highest BCUT2D eigenvalue weighted by Crippen LogP contribution is 2.45. The van der Waals surface area contributed by atoms with Crippen LogP contribution in [0.1, 0.15) is 108 Å². The van der Waals surface area contributed by atoms with Crippen LogP contribution in [0.4, 0.5) is 10.1 Å². The molecule has 2 aromatic carbocycles. The fraction of sp³-hybridized carbons (Fsp3) is 0.571. The Morgan fingerprint density at radius 1 is 1.04 bits per heavy atom. The summed E-state index contributed by atoms with van der Waals surface area (Å²) in [7, 11) is 2.19. The highest BCUT2D eigenvalue weighted by Gasteiger charge is 2.37. The molecule has 8 heteroatoms. The lowest BCUT2D eigenvalue weighted by Gasteiger charge is -2.41. The van der Waals surface area contributed by atoms with E-state index in [-0.39, 0.29) is 11.2 Å². The Kier molecular flexibility index (Phi) is 12.3. The summed E-state index contributed by atoms with van der Waals surface area (Å²) in [6.07, 6.45) is 7.97. The van der Waals surface area contributed by atoms with E-state index in [1.807, 2.05) is 39.8 Å². The van der Waals surface area contributed by atoms with E-state index in [1.165, 1.54) is 44.2 Å². The first-order valence-corrected chi connectivity index (χ1v) is 18.5. The third-order valence-corrected chi connectivity index (χ3v) is 10.3. The van der Waals surface area contributed by atoms with Gasteiger partial charge in [-0.15, -0.1) is 0 Å². The van der Waals surface area contributed by atoms with Gasteiger partial charge in [-0.1, -0.05) is 57.4 Å². The van der Waals surface area contributed by atoms with E-state index < -0.39 is 17.7 Å². The number of carboxylic acids is 1. The molecule has 2 aliphatic rings. The zero-order valence-electron chi connectivity index (χ0n) is 31.4. The van der Waals surface area contributed by atoms with Crippen LogP contribution in [0.15, 0.2) is 48.5 Å². The predicted molar refractivity (Wildman–Crippen MR) is 199 cm³/mol.